The van der Waals surface area contributed by atoms with Gasteiger partial charge < -0.3 is 14.5 Å². The molecule has 0 aliphatic heterocycles. The van der Waals surface area contributed by atoms with Crippen LogP contribution >= 0.6 is 0 Å². The molecule has 0 saturated carbocycles. The smallest absolute Gasteiger partial charge is 0.155 e. The molecule has 0 fully saturated rings. The Labute approximate surface area is 160 Å². The van der Waals surface area contributed by atoms with Gasteiger partial charge in [0.05, 0.1) is 27.2 Å². The molecule has 148 valence electrons. The van der Waals surface area contributed by atoms with Crippen LogP contribution in [0.4, 0.5) is 0 Å². The predicted octanol–water partition coefficient (Wildman–Crippen LogP) is 3.69. The van der Waals surface area contributed by atoms with Crippen molar-refractivity contribution in [3.63, 3.8) is 0 Å². The Bertz CT molecular complexity index is 572. The average molecular weight is 364 g/mol. The number of nitrogens with one attached hydrogen (secondary N) is 1. The largest absolute Gasteiger partial charge is 0.488 e. The third-order valence-corrected chi connectivity index (χ3v) is 4.06. The minimum Gasteiger partial charge on any atom is -0.488 e. The van der Waals surface area contributed by atoms with Gasteiger partial charge in [-0.05, 0) is 44.9 Å². The van der Waals surface area contributed by atoms with E-state index in [9.17, 15) is 4.79 Å². The highest BCUT2D eigenvalue weighted by atomic mass is 16.5. The maximum Gasteiger partial charge on any atom is 0.155 e. The number of Topliss-reactive ketones (excluding diaryl/α,β-unsaturated/α-hetero) is 1. The van der Waals surface area contributed by atoms with Crippen molar-refractivity contribution >= 4 is 5.78 Å². The van der Waals surface area contributed by atoms with Gasteiger partial charge in [-0.25, -0.2) is 0 Å². The van der Waals surface area contributed by atoms with Crippen molar-refractivity contribution < 1.29 is 14.0 Å². The van der Waals surface area contributed by atoms with Crippen LogP contribution in [0.5, 0.6) is 5.75 Å². The van der Waals surface area contributed by atoms with Gasteiger partial charge in [-0.2, -0.15) is 0 Å². The fourth-order valence-electron chi connectivity index (χ4n) is 2.65. The third kappa shape index (κ3) is 8.81. The van der Waals surface area contributed by atoms with E-state index in [1.807, 2.05) is 32.9 Å². The second-order valence-electron chi connectivity index (χ2n) is 10.3. The van der Waals surface area contributed by atoms with Crippen molar-refractivity contribution in [1.82, 2.24) is 5.32 Å². The summed E-state index contributed by atoms with van der Waals surface area (Å²) in [5.41, 5.74) is 0.667. The first-order chi connectivity index (χ1) is 11.7. The number of quaternary nitrogens is 1. The number of ether oxygens (including phenoxy) is 1. The molecular formula is C22H39N2O2+. The summed E-state index contributed by atoms with van der Waals surface area (Å²) in [6, 6.07) is 7.94. The van der Waals surface area contributed by atoms with Crippen molar-refractivity contribution in [1.29, 1.82) is 0 Å². The second kappa shape index (κ2) is 8.53. The van der Waals surface area contributed by atoms with Gasteiger partial charge in [0.15, 0.2) is 5.78 Å². The number of benzene rings is 1. The number of nitrogens with zero attached hydrogens (tertiary/aromatic N) is 1. The van der Waals surface area contributed by atoms with Crippen molar-refractivity contribution in [2.75, 3.05) is 34.3 Å². The zero-order valence-corrected chi connectivity index (χ0v) is 18.3. The maximum absolute atomic E-state index is 12.9. The highest BCUT2D eigenvalue weighted by molar-refractivity contribution is 5.89. The number of ketones is 1. The van der Waals surface area contributed by atoms with Crippen LogP contribution in [0.15, 0.2) is 24.3 Å². The summed E-state index contributed by atoms with van der Waals surface area (Å²) in [5, 5.41) is 3.49. The zero-order valence-electron chi connectivity index (χ0n) is 18.3. The Morgan fingerprint density at radius 2 is 1.58 bits per heavy atom. The molecule has 26 heavy (non-hydrogen) atoms. The van der Waals surface area contributed by atoms with E-state index in [1.54, 1.807) is 0 Å². The molecule has 0 saturated heterocycles. The molecule has 4 heteroatoms. The van der Waals surface area contributed by atoms with Crippen LogP contribution in [0.2, 0.25) is 0 Å². The van der Waals surface area contributed by atoms with E-state index in [4.69, 9.17) is 4.74 Å². The second-order valence-corrected chi connectivity index (χ2v) is 10.3. The molecule has 1 N–H and O–H groups in total. The summed E-state index contributed by atoms with van der Waals surface area (Å²) in [6.07, 6.45) is 0.687. The SMILES string of the molecule is CC(C)(C)NC(Cc1ccc(OCC[N+](C)(C)C)cc1)C(=O)C(C)(C)C. The van der Waals surface area contributed by atoms with Crippen LogP contribution < -0.4 is 10.1 Å². The molecule has 0 bridgehead atoms. The fraction of sp³-hybridized carbons (Fsp3) is 0.682. The van der Waals surface area contributed by atoms with E-state index < -0.39 is 0 Å². The molecule has 1 rings (SSSR count). The van der Waals surface area contributed by atoms with E-state index in [0.29, 0.717) is 13.0 Å². The molecular weight excluding hydrogens is 324 g/mol. The van der Waals surface area contributed by atoms with Crippen molar-refractivity contribution in [2.45, 2.75) is 59.5 Å². The van der Waals surface area contributed by atoms with Gasteiger partial charge in [-0.15, -0.1) is 0 Å². The fourth-order valence-corrected chi connectivity index (χ4v) is 2.65. The van der Waals surface area contributed by atoms with Gasteiger partial charge in [0.25, 0.3) is 0 Å². The number of likely N-dealkylation sites (N-methyl/N-ethyl adjacent to an activating group) is 1. The van der Waals surface area contributed by atoms with Crippen LogP contribution in [-0.4, -0.2) is 56.1 Å². The molecule has 0 heterocycles. The lowest BCUT2D eigenvalue weighted by Crippen LogP contribution is -2.51. The summed E-state index contributed by atoms with van der Waals surface area (Å²) in [4.78, 5) is 12.9. The van der Waals surface area contributed by atoms with Crippen molar-refractivity contribution in [2.24, 2.45) is 5.41 Å². The molecule has 4 nitrogen and oxygen atoms in total. The number of rotatable bonds is 8. The number of hydrogen-bond acceptors (Lipinski definition) is 3. The van der Waals surface area contributed by atoms with E-state index >= 15 is 0 Å². The predicted molar refractivity (Wildman–Crippen MR) is 110 cm³/mol. The summed E-state index contributed by atoms with van der Waals surface area (Å²) >= 11 is 0. The molecule has 0 aromatic heterocycles. The first-order valence-corrected chi connectivity index (χ1v) is 9.52. The molecule has 0 aliphatic carbocycles. The summed E-state index contributed by atoms with van der Waals surface area (Å²) < 4.78 is 6.71. The first kappa shape index (κ1) is 22.7. The summed E-state index contributed by atoms with van der Waals surface area (Å²) in [7, 11) is 6.46. The van der Waals surface area contributed by atoms with Gasteiger partial charge in [0.1, 0.15) is 18.9 Å². The normalized spacial score (nSPS) is 14.2. The van der Waals surface area contributed by atoms with Gasteiger partial charge in [0.2, 0.25) is 0 Å². The Kier molecular flexibility index (Phi) is 7.43. The lowest BCUT2D eigenvalue weighted by molar-refractivity contribution is -0.870. The molecule has 0 aliphatic rings. The number of carbonyl (C=O) groups excluding carboxylic acids is 1. The highest BCUT2D eigenvalue weighted by Gasteiger charge is 2.31. The molecule has 0 amide bonds. The quantitative estimate of drug-likeness (QED) is 0.716. The van der Waals surface area contributed by atoms with Gasteiger partial charge in [-0.1, -0.05) is 32.9 Å². The van der Waals surface area contributed by atoms with Crippen molar-refractivity contribution in [3.8, 4) is 5.75 Å². The topological polar surface area (TPSA) is 38.3 Å². The summed E-state index contributed by atoms with van der Waals surface area (Å²) in [5.74, 6) is 1.13. The van der Waals surface area contributed by atoms with Crippen LogP contribution in [0.1, 0.15) is 47.1 Å². The lowest BCUT2D eigenvalue weighted by atomic mass is 9.83. The third-order valence-electron chi connectivity index (χ3n) is 4.06. The maximum atomic E-state index is 12.9. The Morgan fingerprint density at radius 1 is 1.04 bits per heavy atom. The molecule has 0 spiro atoms. The molecule has 1 aromatic carbocycles. The Balaban J connectivity index is 2.77. The van der Waals surface area contributed by atoms with Crippen LogP contribution in [0.25, 0.3) is 0 Å². The minimum atomic E-state index is -0.364. The standard InChI is InChI=1S/C22H39N2O2/c1-21(2,3)20(25)19(23-22(4,5)6)16-17-10-12-18(13-11-17)26-15-14-24(7,8)9/h10-13,19,23H,14-16H2,1-9H3/q+1. The zero-order chi connectivity index (χ0) is 20.2. The number of carbonyl (C=O) groups is 1. The van der Waals surface area contributed by atoms with Crippen LogP contribution in [-0.2, 0) is 11.2 Å². The first-order valence-electron chi connectivity index (χ1n) is 9.52. The van der Waals surface area contributed by atoms with Crippen LogP contribution in [0.3, 0.4) is 0 Å². The molecule has 1 unspecified atom stereocenters. The highest BCUT2D eigenvalue weighted by Crippen LogP contribution is 2.21. The Hall–Kier alpha value is -1.39. The van der Waals surface area contributed by atoms with Gasteiger partial charge >= 0.3 is 0 Å². The Morgan fingerprint density at radius 3 is 2.00 bits per heavy atom. The number of hydrogen-bond donors (Lipinski definition) is 1. The van der Waals surface area contributed by atoms with E-state index in [2.05, 4.69) is 59.4 Å². The molecule has 1 aromatic rings. The lowest BCUT2D eigenvalue weighted by Gasteiger charge is -2.32. The van der Waals surface area contributed by atoms with E-state index in [-0.39, 0.29) is 22.8 Å². The average Bonchev–Trinajstić information content (AvgIpc) is 2.44. The minimum absolute atomic E-state index is 0.111. The van der Waals surface area contributed by atoms with Crippen LogP contribution in [0, 0.1) is 5.41 Å². The molecule has 1 atom stereocenters. The monoisotopic (exact) mass is 363 g/mol. The van der Waals surface area contributed by atoms with Gasteiger partial charge in [-0.3, -0.25) is 4.79 Å². The van der Waals surface area contributed by atoms with E-state index in [0.717, 1.165) is 22.3 Å². The molecule has 0 radical (unpaired) electrons. The van der Waals surface area contributed by atoms with E-state index in [1.165, 1.54) is 0 Å². The van der Waals surface area contributed by atoms with Crippen molar-refractivity contribution in [3.05, 3.63) is 29.8 Å². The van der Waals surface area contributed by atoms with Gasteiger partial charge in [0, 0.05) is 11.0 Å². The summed E-state index contributed by atoms with van der Waals surface area (Å²) in [6.45, 7) is 13.9.